The summed E-state index contributed by atoms with van der Waals surface area (Å²) in [4.78, 5) is 10.8. The quantitative estimate of drug-likeness (QED) is 0.845. The van der Waals surface area contributed by atoms with Crippen molar-refractivity contribution in [1.82, 2.24) is 0 Å². The van der Waals surface area contributed by atoms with E-state index in [1.807, 2.05) is 6.07 Å². The molecule has 0 amide bonds. The molecule has 2 rings (SSSR count). The van der Waals surface area contributed by atoms with Crippen LogP contribution in [-0.2, 0) is 11.3 Å². The zero-order valence-electron chi connectivity index (χ0n) is 10.6. The first kappa shape index (κ1) is 14.7. The molecule has 0 saturated carbocycles. The van der Waals surface area contributed by atoms with Crippen molar-refractivity contribution in [3.63, 3.8) is 0 Å². The van der Waals surface area contributed by atoms with Crippen molar-refractivity contribution in [3.05, 3.63) is 59.7 Å². The molecule has 1 atom stereocenters. The van der Waals surface area contributed by atoms with Gasteiger partial charge < -0.3 is 5.11 Å². The van der Waals surface area contributed by atoms with Crippen molar-refractivity contribution in [1.29, 1.82) is 5.26 Å². The summed E-state index contributed by atoms with van der Waals surface area (Å²) in [5.41, 5.74) is 1.30. The summed E-state index contributed by atoms with van der Waals surface area (Å²) in [6.45, 7) is 0. The molecule has 0 fully saturated rings. The summed E-state index contributed by atoms with van der Waals surface area (Å²) in [5, 5.41) is 17.6. The van der Waals surface area contributed by atoms with Crippen LogP contribution < -0.4 is 4.31 Å². The van der Waals surface area contributed by atoms with Gasteiger partial charge in [-0.3, -0.25) is 4.55 Å². The first-order valence-corrected chi connectivity index (χ1v) is 6.84. The van der Waals surface area contributed by atoms with Gasteiger partial charge in [-0.1, -0.05) is 0 Å². The lowest BCUT2D eigenvalue weighted by Crippen LogP contribution is -2.19. The summed E-state index contributed by atoms with van der Waals surface area (Å²) >= 11 is -2.33. The first-order chi connectivity index (χ1) is 10.0. The molecule has 1 unspecified atom stereocenters. The van der Waals surface area contributed by atoms with Gasteiger partial charge in [-0.15, -0.1) is 0 Å². The number of rotatable bonds is 4. The van der Waals surface area contributed by atoms with Gasteiger partial charge in [0.15, 0.2) is 0 Å². The summed E-state index contributed by atoms with van der Waals surface area (Å²) in [6, 6.07) is 13.7. The second kappa shape index (κ2) is 6.17. The molecule has 0 aliphatic carbocycles. The third-order valence-electron chi connectivity index (χ3n) is 2.74. The Labute approximate surface area is 123 Å². The smallest absolute Gasteiger partial charge is 0.335 e. The van der Waals surface area contributed by atoms with Crippen LogP contribution in [0.25, 0.3) is 0 Å². The molecule has 21 heavy (non-hydrogen) atoms. The Bertz CT molecular complexity index is 720. The summed E-state index contributed by atoms with van der Waals surface area (Å²) in [6.07, 6.45) is 0. The molecule has 2 N–H and O–H groups in total. The average molecular weight is 302 g/mol. The van der Waals surface area contributed by atoms with E-state index in [2.05, 4.69) is 0 Å². The molecule has 0 aliphatic heterocycles. The largest absolute Gasteiger partial charge is 0.478 e. The monoisotopic (exact) mass is 302 g/mol. The molecule has 0 aliphatic rings. The van der Waals surface area contributed by atoms with Crippen molar-refractivity contribution < 1.29 is 18.7 Å². The van der Waals surface area contributed by atoms with E-state index in [0.717, 1.165) is 4.31 Å². The first-order valence-electron chi connectivity index (χ1n) is 5.77. The predicted molar refractivity (Wildman–Crippen MR) is 77.5 cm³/mol. The second-order valence-corrected chi connectivity index (χ2v) is 4.86. The minimum atomic E-state index is -2.33. The zero-order valence-corrected chi connectivity index (χ0v) is 11.4. The van der Waals surface area contributed by atoms with E-state index in [0.29, 0.717) is 16.9 Å². The van der Waals surface area contributed by atoms with Crippen molar-refractivity contribution in [2.45, 2.75) is 0 Å². The normalized spacial score (nSPS) is 11.4. The average Bonchev–Trinajstić information content (AvgIpc) is 2.48. The van der Waals surface area contributed by atoms with Gasteiger partial charge in [-0.2, -0.15) is 5.26 Å². The van der Waals surface area contributed by atoms with E-state index >= 15 is 0 Å². The van der Waals surface area contributed by atoms with Crippen LogP contribution in [0.4, 0.5) is 11.4 Å². The SMILES string of the molecule is N#Cc1ccc(N(c2ccc(C(=O)O)cc2)S(=O)O)cc1. The molecule has 2 aromatic carbocycles. The standard InChI is InChI=1S/C14H10N2O4S/c15-9-10-1-5-12(6-2-10)16(21(19)20)13-7-3-11(4-8-13)14(17)18/h1-8H,(H,17,18)(H,19,20). The lowest BCUT2D eigenvalue weighted by Gasteiger charge is -2.20. The number of anilines is 2. The van der Waals surface area contributed by atoms with Crippen LogP contribution in [0.5, 0.6) is 0 Å². The molecule has 0 heterocycles. The Morgan fingerprint density at radius 2 is 1.52 bits per heavy atom. The van der Waals surface area contributed by atoms with E-state index in [-0.39, 0.29) is 5.56 Å². The maximum atomic E-state index is 11.5. The van der Waals surface area contributed by atoms with Crippen LogP contribution in [0.2, 0.25) is 0 Å². The van der Waals surface area contributed by atoms with E-state index in [4.69, 9.17) is 10.4 Å². The molecular formula is C14H10N2O4S. The Morgan fingerprint density at radius 1 is 1.05 bits per heavy atom. The molecule has 0 saturated heterocycles. The number of carboxylic acids is 1. The van der Waals surface area contributed by atoms with Gasteiger partial charge in [0.1, 0.15) is 0 Å². The Morgan fingerprint density at radius 3 is 1.90 bits per heavy atom. The molecule has 0 aromatic heterocycles. The molecule has 0 radical (unpaired) electrons. The number of nitriles is 1. The Hall–Kier alpha value is -2.69. The lowest BCUT2D eigenvalue weighted by atomic mass is 10.2. The number of carbonyl (C=O) groups is 1. The maximum Gasteiger partial charge on any atom is 0.335 e. The van der Waals surface area contributed by atoms with Crippen LogP contribution in [0, 0.1) is 11.3 Å². The molecule has 0 bridgehead atoms. The predicted octanol–water partition coefficient (Wildman–Crippen LogP) is 2.53. The molecule has 7 heteroatoms. The van der Waals surface area contributed by atoms with Crippen LogP contribution in [-0.4, -0.2) is 19.8 Å². The second-order valence-electron chi connectivity index (χ2n) is 4.04. The fourth-order valence-electron chi connectivity index (χ4n) is 1.74. The number of benzene rings is 2. The number of carboxylic acid groups (broad SMARTS) is 1. The Kier molecular flexibility index (Phi) is 4.33. The summed E-state index contributed by atoms with van der Waals surface area (Å²) in [5.74, 6) is -1.07. The van der Waals surface area contributed by atoms with Crippen molar-refractivity contribution in [3.8, 4) is 6.07 Å². The van der Waals surface area contributed by atoms with Crippen molar-refractivity contribution in [2.75, 3.05) is 4.31 Å². The molecule has 2 aromatic rings. The number of hydrogen-bond acceptors (Lipinski definition) is 3. The van der Waals surface area contributed by atoms with Gasteiger partial charge in [-0.25, -0.2) is 13.3 Å². The molecule has 6 nitrogen and oxygen atoms in total. The highest BCUT2D eigenvalue weighted by atomic mass is 32.2. The maximum absolute atomic E-state index is 11.5. The van der Waals surface area contributed by atoms with Gasteiger partial charge in [0, 0.05) is 0 Å². The van der Waals surface area contributed by atoms with Gasteiger partial charge in [0.05, 0.1) is 28.6 Å². The molecule has 0 spiro atoms. The van der Waals surface area contributed by atoms with E-state index in [9.17, 15) is 13.6 Å². The lowest BCUT2D eigenvalue weighted by molar-refractivity contribution is 0.0697. The van der Waals surface area contributed by atoms with Crippen LogP contribution in [0.3, 0.4) is 0 Å². The fraction of sp³-hybridized carbons (Fsp3) is 0. The highest BCUT2D eigenvalue weighted by Crippen LogP contribution is 2.27. The van der Waals surface area contributed by atoms with Gasteiger partial charge in [0.2, 0.25) is 0 Å². The highest BCUT2D eigenvalue weighted by molar-refractivity contribution is 7.81. The van der Waals surface area contributed by atoms with Crippen LogP contribution in [0.1, 0.15) is 15.9 Å². The molecular weight excluding hydrogens is 292 g/mol. The van der Waals surface area contributed by atoms with Gasteiger partial charge >= 0.3 is 5.97 Å². The summed E-state index contributed by atoms with van der Waals surface area (Å²) < 4.78 is 22.1. The van der Waals surface area contributed by atoms with E-state index in [1.165, 1.54) is 48.5 Å². The van der Waals surface area contributed by atoms with Gasteiger partial charge in [0.25, 0.3) is 11.3 Å². The number of aromatic carboxylic acids is 1. The van der Waals surface area contributed by atoms with Crippen LogP contribution >= 0.6 is 0 Å². The zero-order chi connectivity index (χ0) is 15.4. The van der Waals surface area contributed by atoms with E-state index in [1.54, 1.807) is 0 Å². The highest BCUT2D eigenvalue weighted by Gasteiger charge is 2.15. The number of nitrogens with zero attached hydrogens (tertiary/aromatic N) is 2. The van der Waals surface area contributed by atoms with Crippen LogP contribution in [0.15, 0.2) is 48.5 Å². The minimum Gasteiger partial charge on any atom is -0.478 e. The summed E-state index contributed by atoms with van der Waals surface area (Å²) in [7, 11) is 0. The third-order valence-corrected chi connectivity index (χ3v) is 3.47. The fourth-order valence-corrected chi connectivity index (χ4v) is 2.34. The molecule has 106 valence electrons. The third kappa shape index (κ3) is 3.25. The van der Waals surface area contributed by atoms with Crippen molar-refractivity contribution >= 4 is 28.6 Å². The topological polar surface area (TPSA) is 102 Å². The number of hydrogen-bond donors (Lipinski definition) is 2. The Balaban J connectivity index is 2.41. The minimum absolute atomic E-state index is 0.0854. The van der Waals surface area contributed by atoms with Gasteiger partial charge in [-0.05, 0) is 48.5 Å². The van der Waals surface area contributed by atoms with Crippen molar-refractivity contribution in [2.24, 2.45) is 0 Å². The van der Waals surface area contributed by atoms with E-state index < -0.39 is 17.2 Å².